The molecular formula is C12H17BrN4. The molecule has 0 radical (unpaired) electrons. The number of rotatable bonds is 2. The van der Waals surface area contributed by atoms with Crippen LogP contribution in [-0.2, 0) is 0 Å². The molecule has 0 saturated heterocycles. The number of hydrogen-bond donors (Lipinski definition) is 1. The second-order valence-electron chi connectivity index (χ2n) is 5.32. The molecule has 0 bridgehead atoms. The van der Waals surface area contributed by atoms with E-state index in [1.54, 1.807) is 4.52 Å². The maximum Gasteiger partial charge on any atom is 0.243 e. The van der Waals surface area contributed by atoms with Gasteiger partial charge in [0.15, 0.2) is 5.65 Å². The summed E-state index contributed by atoms with van der Waals surface area (Å²) in [5, 5.41) is 7.72. The van der Waals surface area contributed by atoms with Gasteiger partial charge in [0, 0.05) is 16.7 Å². The first-order chi connectivity index (χ1) is 7.86. The van der Waals surface area contributed by atoms with Gasteiger partial charge >= 0.3 is 0 Å². The molecule has 1 atom stereocenters. The van der Waals surface area contributed by atoms with Gasteiger partial charge in [0.05, 0.1) is 0 Å². The smallest absolute Gasteiger partial charge is 0.243 e. The largest absolute Gasteiger partial charge is 0.350 e. The molecule has 2 rings (SSSR count). The van der Waals surface area contributed by atoms with E-state index in [2.05, 4.69) is 59.0 Å². The van der Waals surface area contributed by atoms with Crippen molar-refractivity contribution in [2.24, 2.45) is 5.41 Å². The van der Waals surface area contributed by atoms with E-state index in [1.165, 1.54) is 0 Å². The number of pyridine rings is 1. The summed E-state index contributed by atoms with van der Waals surface area (Å²) >= 11 is 3.42. The van der Waals surface area contributed by atoms with E-state index >= 15 is 0 Å². The van der Waals surface area contributed by atoms with Crippen LogP contribution in [0, 0.1) is 5.41 Å². The third-order valence-electron chi connectivity index (χ3n) is 2.94. The molecule has 2 heterocycles. The number of aromatic nitrogens is 3. The molecule has 17 heavy (non-hydrogen) atoms. The number of fused-ring (bicyclic) bond motifs is 1. The fraction of sp³-hybridized carbons (Fsp3) is 0.500. The Bertz CT molecular complexity index is 527. The first kappa shape index (κ1) is 12.4. The van der Waals surface area contributed by atoms with Gasteiger partial charge in [-0.2, -0.15) is 4.98 Å². The monoisotopic (exact) mass is 296 g/mol. The van der Waals surface area contributed by atoms with Gasteiger partial charge in [0.2, 0.25) is 5.95 Å². The molecule has 1 unspecified atom stereocenters. The van der Waals surface area contributed by atoms with Crippen LogP contribution in [0.25, 0.3) is 5.65 Å². The molecule has 5 heteroatoms. The van der Waals surface area contributed by atoms with Crippen LogP contribution in [0.5, 0.6) is 0 Å². The Balaban J connectivity index is 2.25. The Morgan fingerprint density at radius 2 is 2.06 bits per heavy atom. The fourth-order valence-electron chi connectivity index (χ4n) is 1.33. The average Bonchev–Trinajstić information content (AvgIpc) is 2.57. The van der Waals surface area contributed by atoms with E-state index in [0.717, 1.165) is 10.1 Å². The van der Waals surface area contributed by atoms with Crippen molar-refractivity contribution in [2.45, 2.75) is 33.7 Å². The van der Waals surface area contributed by atoms with Crippen LogP contribution in [0.4, 0.5) is 5.95 Å². The Labute approximate surface area is 110 Å². The molecule has 0 aliphatic rings. The highest BCUT2D eigenvalue weighted by Crippen LogP contribution is 2.21. The molecule has 4 nitrogen and oxygen atoms in total. The van der Waals surface area contributed by atoms with Gasteiger partial charge in [-0.1, -0.05) is 20.8 Å². The molecule has 2 aromatic rings. The molecule has 0 amide bonds. The molecule has 92 valence electrons. The summed E-state index contributed by atoms with van der Waals surface area (Å²) in [7, 11) is 0. The summed E-state index contributed by atoms with van der Waals surface area (Å²) in [5.41, 5.74) is 1.02. The van der Waals surface area contributed by atoms with Gasteiger partial charge in [0.25, 0.3) is 0 Å². The van der Waals surface area contributed by atoms with Gasteiger partial charge in [-0.3, -0.25) is 0 Å². The summed E-state index contributed by atoms with van der Waals surface area (Å²) in [4.78, 5) is 4.43. The zero-order valence-corrected chi connectivity index (χ0v) is 12.1. The molecule has 0 aliphatic heterocycles. The number of anilines is 1. The van der Waals surface area contributed by atoms with Crippen LogP contribution in [0.15, 0.2) is 22.8 Å². The van der Waals surface area contributed by atoms with Gasteiger partial charge in [-0.25, -0.2) is 4.52 Å². The number of halogens is 1. The minimum Gasteiger partial charge on any atom is -0.350 e. The Morgan fingerprint density at radius 1 is 1.35 bits per heavy atom. The topological polar surface area (TPSA) is 42.2 Å². The van der Waals surface area contributed by atoms with Gasteiger partial charge in [-0.05, 0) is 40.4 Å². The van der Waals surface area contributed by atoms with Crippen molar-refractivity contribution in [1.82, 2.24) is 14.6 Å². The predicted molar refractivity (Wildman–Crippen MR) is 73.2 cm³/mol. The normalized spacial score (nSPS) is 13.9. The third kappa shape index (κ3) is 2.77. The Hall–Kier alpha value is -1.10. The van der Waals surface area contributed by atoms with Crippen molar-refractivity contribution in [2.75, 3.05) is 5.32 Å². The summed E-state index contributed by atoms with van der Waals surface area (Å²) < 4.78 is 2.76. The zero-order chi connectivity index (χ0) is 12.6. The second kappa shape index (κ2) is 4.29. The lowest BCUT2D eigenvalue weighted by atomic mass is 9.88. The van der Waals surface area contributed by atoms with Crippen LogP contribution in [0.1, 0.15) is 27.7 Å². The Morgan fingerprint density at radius 3 is 2.71 bits per heavy atom. The lowest BCUT2D eigenvalue weighted by Crippen LogP contribution is -2.31. The van der Waals surface area contributed by atoms with E-state index in [4.69, 9.17) is 0 Å². The highest BCUT2D eigenvalue weighted by molar-refractivity contribution is 9.10. The van der Waals surface area contributed by atoms with Gasteiger partial charge in [0.1, 0.15) is 0 Å². The molecule has 0 aliphatic carbocycles. The van der Waals surface area contributed by atoms with Crippen LogP contribution in [0.3, 0.4) is 0 Å². The number of nitrogens with zero attached hydrogens (tertiary/aromatic N) is 3. The van der Waals surface area contributed by atoms with Crippen LogP contribution in [0.2, 0.25) is 0 Å². The average molecular weight is 297 g/mol. The van der Waals surface area contributed by atoms with Crippen LogP contribution < -0.4 is 5.32 Å². The quantitative estimate of drug-likeness (QED) is 0.924. The van der Waals surface area contributed by atoms with Crippen molar-refractivity contribution in [3.05, 3.63) is 22.8 Å². The molecule has 1 N–H and O–H groups in total. The highest BCUT2D eigenvalue weighted by atomic mass is 79.9. The van der Waals surface area contributed by atoms with E-state index in [1.807, 2.05) is 18.3 Å². The predicted octanol–water partition coefficient (Wildman–Crippen LogP) is 3.34. The van der Waals surface area contributed by atoms with Crippen molar-refractivity contribution in [1.29, 1.82) is 0 Å². The first-order valence-corrected chi connectivity index (χ1v) is 6.44. The fourth-order valence-corrected chi connectivity index (χ4v) is 1.66. The summed E-state index contributed by atoms with van der Waals surface area (Å²) in [5.74, 6) is 0.672. The zero-order valence-electron chi connectivity index (χ0n) is 10.5. The first-order valence-electron chi connectivity index (χ1n) is 5.65. The van der Waals surface area contributed by atoms with Gasteiger partial charge in [-0.15, -0.1) is 5.10 Å². The molecular weight excluding hydrogens is 280 g/mol. The van der Waals surface area contributed by atoms with Crippen molar-refractivity contribution in [3.8, 4) is 0 Å². The lowest BCUT2D eigenvalue weighted by Gasteiger charge is -2.27. The van der Waals surface area contributed by atoms with E-state index in [9.17, 15) is 0 Å². The van der Waals surface area contributed by atoms with Gasteiger partial charge < -0.3 is 5.32 Å². The van der Waals surface area contributed by atoms with Crippen molar-refractivity contribution in [3.63, 3.8) is 0 Å². The maximum atomic E-state index is 4.43. The lowest BCUT2D eigenvalue weighted by molar-refractivity contribution is 0.358. The molecule has 0 saturated carbocycles. The highest BCUT2D eigenvalue weighted by Gasteiger charge is 2.21. The minimum atomic E-state index is 0.179. The summed E-state index contributed by atoms with van der Waals surface area (Å²) in [6, 6.07) is 4.20. The molecule has 2 aromatic heterocycles. The van der Waals surface area contributed by atoms with Crippen molar-refractivity contribution >= 4 is 27.5 Å². The minimum absolute atomic E-state index is 0.179. The van der Waals surface area contributed by atoms with Crippen LogP contribution >= 0.6 is 15.9 Å². The second-order valence-corrected chi connectivity index (χ2v) is 6.23. The maximum absolute atomic E-state index is 4.43. The molecule has 0 spiro atoms. The Kier molecular flexibility index (Phi) is 3.12. The SMILES string of the molecule is CC(Nc1nc2ccc(Br)cn2n1)C(C)(C)C. The van der Waals surface area contributed by atoms with E-state index in [0.29, 0.717) is 12.0 Å². The molecule has 0 aromatic carbocycles. The van der Waals surface area contributed by atoms with E-state index in [-0.39, 0.29) is 5.41 Å². The standard InChI is InChI=1S/C12H17BrN4/c1-8(12(2,3)4)14-11-15-10-6-5-9(13)7-17(10)16-11/h5-8H,1-4H3,(H,14,16). The summed E-state index contributed by atoms with van der Waals surface area (Å²) in [6.07, 6.45) is 1.90. The van der Waals surface area contributed by atoms with Crippen molar-refractivity contribution < 1.29 is 0 Å². The summed E-state index contributed by atoms with van der Waals surface area (Å²) in [6.45, 7) is 8.72. The van der Waals surface area contributed by atoms with Crippen LogP contribution in [-0.4, -0.2) is 20.6 Å². The number of hydrogen-bond acceptors (Lipinski definition) is 3. The van der Waals surface area contributed by atoms with E-state index < -0.39 is 0 Å². The third-order valence-corrected chi connectivity index (χ3v) is 3.41. The number of nitrogens with one attached hydrogen (secondary N) is 1. The molecule has 0 fully saturated rings.